The number of benzene rings is 1. The van der Waals surface area contributed by atoms with Gasteiger partial charge >= 0.3 is 0 Å². The van der Waals surface area contributed by atoms with Gasteiger partial charge in [-0.25, -0.2) is 10.0 Å². The molecule has 1 heterocycles. The summed E-state index contributed by atoms with van der Waals surface area (Å²) in [7, 11) is 0. The number of allylic oxidation sites excluding steroid dienone is 2. The molecule has 0 N–H and O–H groups in total. The molecule has 0 amide bonds. The van der Waals surface area contributed by atoms with Crippen LogP contribution in [0.5, 0.6) is 0 Å². The summed E-state index contributed by atoms with van der Waals surface area (Å²) in [5.74, 6) is 0.540. The van der Waals surface area contributed by atoms with Gasteiger partial charge in [-0.1, -0.05) is 62.9 Å². The van der Waals surface area contributed by atoms with Crippen molar-refractivity contribution in [3.05, 3.63) is 55.3 Å². The Bertz CT molecular complexity index is 661. The van der Waals surface area contributed by atoms with E-state index in [4.69, 9.17) is 34.8 Å². The first kappa shape index (κ1) is 15.6. The lowest BCUT2D eigenvalue weighted by Gasteiger charge is -2.23. The second kappa shape index (κ2) is 6.31. The number of hydrogen-bond acceptors (Lipinski definition) is 3. The number of aliphatic imine (C=N–C) groups is 1. The molecule has 1 aromatic carbocycles. The molecule has 2 rings (SSSR count). The van der Waals surface area contributed by atoms with Crippen LogP contribution in [-0.2, 0) is 0 Å². The highest BCUT2D eigenvalue weighted by Crippen LogP contribution is 2.32. The van der Waals surface area contributed by atoms with Gasteiger partial charge in [0, 0.05) is 22.8 Å². The number of nitrogens with zero attached hydrogens (tertiary/aromatic N) is 3. The number of hydrogen-bond donors (Lipinski definition) is 0. The normalized spacial score (nSPS) is 17.6. The lowest BCUT2D eigenvalue weighted by atomic mass is 10.1. The van der Waals surface area contributed by atoms with Gasteiger partial charge in [-0.2, -0.15) is 5.10 Å². The maximum atomic E-state index is 6.21. The van der Waals surface area contributed by atoms with Crippen LogP contribution in [0.15, 0.2) is 49.8 Å². The molecular weight excluding hydrogens is 384 g/mol. The molecule has 0 aromatic heterocycles. The van der Waals surface area contributed by atoms with Crippen molar-refractivity contribution in [2.24, 2.45) is 10.1 Å². The highest BCUT2D eigenvalue weighted by molar-refractivity contribution is 9.11. The van der Waals surface area contributed by atoms with E-state index in [9.17, 15) is 0 Å². The highest BCUT2D eigenvalue weighted by Gasteiger charge is 2.22. The van der Waals surface area contributed by atoms with Crippen LogP contribution < -0.4 is 0 Å². The number of hydrazone groups is 1. The lowest BCUT2D eigenvalue weighted by Crippen LogP contribution is -2.19. The van der Waals surface area contributed by atoms with Crippen molar-refractivity contribution in [2.45, 2.75) is 6.92 Å². The molecule has 0 spiro atoms. The summed E-state index contributed by atoms with van der Waals surface area (Å²) in [6.45, 7) is 5.31. The molecule has 1 aromatic rings. The van der Waals surface area contributed by atoms with Gasteiger partial charge in [0.05, 0.1) is 15.8 Å². The van der Waals surface area contributed by atoms with Crippen molar-refractivity contribution < 1.29 is 0 Å². The molecule has 1 aliphatic rings. The van der Waals surface area contributed by atoms with Crippen LogP contribution >= 0.6 is 50.7 Å². The summed E-state index contributed by atoms with van der Waals surface area (Å²) in [6.07, 6.45) is 1.66. The number of rotatable bonds is 2. The smallest absolute Gasteiger partial charge is 0.165 e. The topological polar surface area (TPSA) is 28.0 Å². The van der Waals surface area contributed by atoms with E-state index in [1.54, 1.807) is 18.2 Å². The van der Waals surface area contributed by atoms with Crippen molar-refractivity contribution in [1.29, 1.82) is 0 Å². The molecular formula is C13H9BrCl3N3. The molecule has 0 aliphatic carbocycles. The van der Waals surface area contributed by atoms with Crippen LogP contribution in [0.25, 0.3) is 0 Å². The van der Waals surface area contributed by atoms with E-state index >= 15 is 0 Å². The number of halogens is 4. The summed E-state index contributed by atoms with van der Waals surface area (Å²) in [5, 5.41) is 6.51. The first-order valence-electron chi connectivity index (χ1n) is 5.49. The van der Waals surface area contributed by atoms with Crippen molar-refractivity contribution in [3.8, 4) is 0 Å². The Labute approximate surface area is 140 Å². The molecule has 0 saturated carbocycles. The predicted molar refractivity (Wildman–Crippen MR) is 90.0 cm³/mol. The molecule has 0 fully saturated rings. The Kier molecular flexibility index (Phi) is 4.91. The molecule has 0 saturated heterocycles. The van der Waals surface area contributed by atoms with Crippen molar-refractivity contribution >= 4 is 63.2 Å². The van der Waals surface area contributed by atoms with Gasteiger partial charge in [-0.3, -0.25) is 0 Å². The molecule has 104 valence electrons. The SMILES string of the molecule is C=NN1C(Cl)=CC(c2cccc(Cl)c2Cl)=N/C1=C(/C)Br. The minimum atomic E-state index is 0.370. The van der Waals surface area contributed by atoms with Gasteiger partial charge < -0.3 is 0 Å². The fourth-order valence-electron chi connectivity index (χ4n) is 1.67. The maximum absolute atomic E-state index is 6.21. The monoisotopic (exact) mass is 391 g/mol. The molecule has 0 bridgehead atoms. The summed E-state index contributed by atoms with van der Waals surface area (Å²) in [4.78, 5) is 4.49. The molecule has 7 heteroatoms. The van der Waals surface area contributed by atoms with Gasteiger partial charge in [-0.05, 0) is 13.0 Å². The van der Waals surface area contributed by atoms with E-state index in [1.165, 1.54) is 5.01 Å². The minimum Gasteiger partial charge on any atom is -0.228 e. The first-order chi connectivity index (χ1) is 9.45. The quantitative estimate of drug-likeness (QED) is 0.490. The summed E-state index contributed by atoms with van der Waals surface area (Å²) >= 11 is 21.8. The Hall–Kier alpha value is -0.810. The standard InChI is InChI=1S/C13H9BrCl3N3/c1-7(14)13-19-10(6-11(16)20(13)18-2)8-4-3-5-9(15)12(8)17/h3-6H,2H2,1H3/b13-7+. The average Bonchev–Trinajstić information content (AvgIpc) is 2.40. The van der Waals surface area contributed by atoms with Gasteiger partial charge in [0.2, 0.25) is 0 Å². The Balaban J connectivity index is 2.61. The van der Waals surface area contributed by atoms with E-state index in [2.05, 4.69) is 32.7 Å². The summed E-state index contributed by atoms with van der Waals surface area (Å²) in [5.41, 5.74) is 1.31. The zero-order valence-corrected chi connectivity index (χ0v) is 14.2. The van der Waals surface area contributed by atoms with Crippen molar-refractivity contribution in [1.82, 2.24) is 5.01 Å². The Morgan fingerprint density at radius 3 is 2.65 bits per heavy atom. The van der Waals surface area contributed by atoms with Gasteiger partial charge in [-0.15, -0.1) is 0 Å². The van der Waals surface area contributed by atoms with E-state index in [0.29, 0.717) is 32.3 Å². The average molecular weight is 393 g/mol. The minimum absolute atomic E-state index is 0.370. The first-order valence-corrected chi connectivity index (χ1v) is 7.41. The van der Waals surface area contributed by atoms with E-state index < -0.39 is 0 Å². The Morgan fingerprint density at radius 2 is 2.05 bits per heavy atom. The van der Waals surface area contributed by atoms with Crippen molar-refractivity contribution in [2.75, 3.05) is 0 Å². The molecule has 20 heavy (non-hydrogen) atoms. The predicted octanol–water partition coefficient (Wildman–Crippen LogP) is 5.38. The molecule has 0 unspecified atom stereocenters. The van der Waals surface area contributed by atoms with E-state index in [1.807, 2.05) is 13.0 Å². The van der Waals surface area contributed by atoms with Crippen LogP contribution in [0.3, 0.4) is 0 Å². The zero-order valence-electron chi connectivity index (χ0n) is 10.4. The van der Waals surface area contributed by atoms with E-state index in [0.717, 1.165) is 4.48 Å². The Morgan fingerprint density at radius 1 is 1.35 bits per heavy atom. The second-order valence-corrected chi connectivity index (χ2v) is 6.24. The van der Waals surface area contributed by atoms with Gasteiger partial charge in [0.25, 0.3) is 0 Å². The third-order valence-electron chi connectivity index (χ3n) is 2.56. The van der Waals surface area contributed by atoms with Gasteiger partial charge in [0.15, 0.2) is 5.82 Å². The molecule has 0 atom stereocenters. The van der Waals surface area contributed by atoms with Crippen LogP contribution in [-0.4, -0.2) is 17.4 Å². The van der Waals surface area contributed by atoms with E-state index in [-0.39, 0.29) is 0 Å². The largest absolute Gasteiger partial charge is 0.228 e. The van der Waals surface area contributed by atoms with Crippen molar-refractivity contribution in [3.63, 3.8) is 0 Å². The fraction of sp³-hybridized carbons (Fsp3) is 0.0769. The maximum Gasteiger partial charge on any atom is 0.165 e. The third kappa shape index (κ3) is 2.93. The second-order valence-electron chi connectivity index (χ2n) is 3.88. The van der Waals surface area contributed by atoms with Crippen LogP contribution in [0.2, 0.25) is 10.0 Å². The summed E-state index contributed by atoms with van der Waals surface area (Å²) < 4.78 is 0.770. The molecule has 3 nitrogen and oxygen atoms in total. The highest BCUT2D eigenvalue weighted by atomic mass is 79.9. The van der Waals surface area contributed by atoms with Crippen LogP contribution in [0, 0.1) is 0 Å². The summed E-state index contributed by atoms with van der Waals surface area (Å²) in [6, 6.07) is 5.34. The van der Waals surface area contributed by atoms with Gasteiger partial charge in [0.1, 0.15) is 5.16 Å². The fourth-order valence-corrected chi connectivity index (χ4v) is 2.56. The molecule has 1 aliphatic heterocycles. The van der Waals surface area contributed by atoms with Crippen LogP contribution in [0.4, 0.5) is 0 Å². The van der Waals surface area contributed by atoms with Crippen LogP contribution in [0.1, 0.15) is 12.5 Å². The lowest BCUT2D eigenvalue weighted by molar-refractivity contribution is 0.477. The third-order valence-corrected chi connectivity index (χ3v) is 4.00. The molecule has 0 radical (unpaired) electrons. The zero-order chi connectivity index (χ0) is 14.9.